The van der Waals surface area contributed by atoms with Crippen LogP contribution in [0.15, 0.2) is 12.3 Å². The van der Waals surface area contributed by atoms with E-state index in [0.29, 0.717) is 0 Å². The fourth-order valence-corrected chi connectivity index (χ4v) is 2.18. The summed E-state index contributed by atoms with van der Waals surface area (Å²) in [4.78, 5) is 15.6. The molecule has 0 bridgehead atoms. The van der Waals surface area contributed by atoms with E-state index in [9.17, 15) is 4.79 Å². The lowest BCUT2D eigenvalue weighted by molar-refractivity contribution is -0.109. The van der Waals surface area contributed by atoms with Gasteiger partial charge in [0.2, 0.25) is 0 Å². The molecule has 0 amide bonds. The highest BCUT2D eigenvalue weighted by Crippen LogP contribution is 2.14. The molecule has 0 radical (unpaired) electrons. The maximum Gasteiger partial charge on any atom is 0.185 e. The molecule has 0 saturated carbocycles. The molecule has 0 saturated heterocycles. The van der Waals surface area contributed by atoms with Gasteiger partial charge in [-0.25, -0.2) is 4.98 Å². The van der Waals surface area contributed by atoms with Gasteiger partial charge in [0.1, 0.15) is 5.01 Å². The Bertz CT molecular complexity index is 347. The Hall–Kier alpha value is -0.650. The van der Waals surface area contributed by atoms with Crippen molar-refractivity contribution in [2.24, 2.45) is 0 Å². The van der Waals surface area contributed by atoms with Crippen LogP contribution >= 0.6 is 23.1 Å². The molecular formula is C10H13NO2S2. The van der Waals surface area contributed by atoms with Crippen LogP contribution in [-0.2, 0) is 11.4 Å². The predicted molar refractivity (Wildman–Crippen MR) is 64.8 cm³/mol. The van der Waals surface area contributed by atoms with E-state index in [4.69, 9.17) is 5.11 Å². The van der Waals surface area contributed by atoms with Gasteiger partial charge in [-0.15, -0.1) is 11.3 Å². The summed E-state index contributed by atoms with van der Waals surface area (Å²) in [6.07, 6.45) is 6.45. The number of thiazole rings is 1. The van der Waals surface area contributed by atoms with E-state index in [1.54, 1.807) is 13.1 Å². The van der Waals surface area contributed by atoms with Crippen LogP contribution in [0.4, 0.5) is 0 Å². The first-order chi connectivity index (χ1) is 7.22. The van der Waals surface area contributed by atoms with E-state index in [2.05, 4.69) is 4.98 Å². The smallest absolute Gasteiger partial charge is 0.185 e. The predicted octanol–water partition coefficient (Wildman–Crippen LogP) is 2.32. The monoisotopic (exact) mass is 243 g/mol. The summed E-state index contributed by atoms with van der Waals surface area (Å²) < 4.78 is 0. The first kappa shape index (κ1) is 12.4. The number of hydrogen-bond acceptors (Lipinski definition) is 5. The summed E-state index contributed by atoms with van der Waals surface area (Å²) in [7, 11) is 0. The molecule has 0 fully saturated rings. The Balaban J connectivity index is 2.28. The van der Waals surface area contributed by atoms with Crippen LogP contribution in [0, 0.1) is 0 Å². The summed E-state index contributed by atoms with van der Waals surface area (Å²) in [6.45, 7) is 1.62. The molecule has 0 aliphatic rings. The van der Waals surface area contributed by atoms with E-state index in [1.165, 1.54) is 23.1 Å². The molecule has 1 rings (SSSR count). The van der Waals surface area contributed by atoms with Gasteiger partial charge in [-0.3, -0.25) is 4.79 Å². The van der Waals surface area contributed by atoms with E-state index in [0.717, 1.165) is 22.1 Å². The number of hydrogen-bond donors (Lipinski definition) is 1. The van der Waals surface area contributed by atoms with Gasteiger partial charge >= 0.3 is 0 Å². The molecule has 1 N–H and O–H groups in total. The molecule has 1 aromatic heterocycles. The topological polar surface area (TPSA) is 50.2 Å². The highest BCUT2D eigenvalue weighted by atomic mass is 32.2. The third-order valence-corrected chi connectivity index (χ3v) is 3.37. The maximum absolute atomic E-state index is 10.6. The van der Waals surface area contributed by atoms with Crippen LogP contribution in [0.2, 0.25) is 0 Å². The van der Waals surface area contributed by atoms with Crippen molar-refractivity contribution in [2.45, 2.75) is 20.0 Å². The van der Waals surface area contributed by atoms with E-state index in [1.807, 2.05) is 12.2 Å². The lowest BCUT2D eigenvalue weighted by atomic mass is 10.4. The van der Waals surface area contributed by atoms with Gasteiger partial charge < -0.3 is 5.11 Å². The minimum absolute atomic E-state index is 0.0473. The van der Waals surface area contributed by atoms with Crippen molar-refractivity contribution in [3.63, 3.8) is 0 Å². The zero-order valence-electron chi connectivity index (χ0n) is 8.47. The Morgan fingerprint density at radius 3 is 3.13 bits per heavy atom. The summed E-state index contributed by atoms with van der Waals surface area (Å²) in [5.74, 6) is 0.810. The minimum Gasteiger partial charge on any atom is -0.391 e. The van der Waals surface area contributed by atoms with Crippen molar-refractivity contribution in [3.05, 3.63) is 22.2 Å². The van der Waals surface area contributed by atoms with Crippen LogP contribution in [0.5, 0.6) is 0 Å². The van der Waals surface area contributed by atoms with E-state index >= 15 is 0 Å². The number of thioether (sulfide) groups is 1. The molecular weight excluding hydrogens is 230 g/mol. The maximum atomic E-state index is 10.6. The molecule has 5 heteroatoms. The quantitative estimate of drug-likeness (QED) is 0.806. The molecule has 0 spiro atoms. The van der Waals surface area contributed by atoms with Crippen LogP contribution in [-0.4, -0.2) is 21.0 Å². The average Bonchev–Trinajstić information content (AvgIpc) is 2.65. The Morgan fingerprint density at radius 1 is 1.73 bits per heavy atom. The fourth-order valence-electron chi connectivity index (χ4n) is 0.928. The average molecular weight is 243 g/mol. The molecule has 0 atom stereocenters. The standard InChI is InChI=1S/C10H13NO2S2/c1-8(13)14-5-3-2-4-10-11-6-9(7-12)15-10/h2,4,6,12H,3,5,7H2,1H3. The molecule has 0 unspecified atom stereocenters. The summed E-state index contributed by atoms with van der Waals surface area (Å²) in [5.41, 5.74) is 0. The van der Waals surface area contributed by atoms with Crippen molar-refractivity contribution in [1.82, 2.24) is 4.98 Å². The lowest BCUT2D eigenvalue weighted by Crippen LogP contribution is -1.83. The summed E-state index contributed by atoms with van der Waals surface area (Å²) >= 11 is 2.80. The van der Waals surface area contributed by atoms with Gasteiger partial charge in [-0.1, -0.05) is 17.8 Å². The van der Waals surface area contributed by atoms with Crippen molar-refractivity contribution < 1.29 is 9.90 Å². The van der Waals surface area contributed by atoms with Crippen LogP contribution < -0.4 is 0 Å². The number of carbonyl (C=O) groups excluding carboxylic acids is 1. The first-order valence-corrected chi connectivity index (χ1v) is 6.38. The van der Waals surface area contributed by atoms with Gasteiger partial charge in [0.05, 0.1) is 11.5 Å². The Morgan fingerprint density at radius 2 is 2.53 bits per heavy atom. The Labute approximate surface area is 97.2 Å². The van der Waals surface area contributed by atoms with Gasteiger partial charge in [-0.05, 0) is 12.5 Å². The van der Waals surface area contributed by atoms with Gasteiger partial charge in [-0.2, -0.15) is 0 Å². The third kappa shape index (κ3) is 5.11. The second-order valence-corrected chi connectivity index (χ2v) is 5.27. The molecule has 15 heavy (non-hydrogen) atoms. The number of aromatic nitrogens is 1. The van der Waals surface area contributed by atoms with Crippen molar-refractivity contribution in [1.29, 1.82) is 0 Å². The van der Waals surface area contributed by atoms with Gasteiger partial charge in [0, 0.05) is 18.9 Å². The number of aliphatic hydroxyl groups is 1. The zero-order chi connectivity index (χ0) is 11.1. The molecule has 1 aromatic rings. The van der Waals surface area contributed by atoms with Crippen LogP contribution in [0.25, 0.3) is 6.08 Å². The largest absolute Gasteiger partial charge is 0.391 e. The number of nitrogens with zero attached hydrogens (tertiary/aromatic N) is 1. The fraction of sp³-hybridized carbons (Fsp3) is 0.400. The molecule has 82 valence electrons. The molecule has 3 nitrogen and oxygen atoms in total. The number of aliphatic hydroxyl groups excluding tert-OH is 1. The second kappa shape index (κ2) is 6.76. The van der Waals surface area contributed by atoms with Crippen molar-refractivity contribution in [3.8, 4) is 0 Å². The highest BCUT2D eigenvalue weighted by molar-refractivity contribution is 8.13. The molecule has 0 aliphatic heterocycles. The highest BCUT2D eigenvalue weighted by Gasteiger charge is 1.96. The summed E-state index contributed by atoms with van der Waals surface area (Å²) in [5, 5.41) is 9.88. The molecule has 0 aliphatic carbocycles. The first-order valence-electron chi connectivity index (χ1n) is 4.58. The van der Waals surface area contributed by atoms with Gasteiger partial charge in [0.25, 0.3) is 0 Å². The van der Waals surface area contributed by atoms with Crippen molar-refractivity contribution in [2.75, 3.05) is 5.75 Å². The van der Waals surface area contributed by atoms with Gasteiger partial charge in [0.15, 0.2) is 5.12 Å². The molecule has 0 aromatic carbocycles. The zero-order valence-corrected chi connectivity index (χ0v) is 10.1. The van der Waals surface area contributed by atoms with E-state index in [-0.39, 0.29) is 11.7 Å². The number of carbonyl (C=O) groups is 1. The molecule has 1 heterocycles. The Kier molecular flexibility index (Phi) is 5.60. The third-order valence-electron chi connectivity index (χ3n) is 1.58. The lowest BCUT2D eigenvalue weighted by Gasteiger charge is -1.90. The number of rotatable bonds is 5. The van der Waals surface area contributed by atoms with E-state index < -0.39 is 0 Å². The van der Waals surface area contributed by atoms with Crippen LogP contribution in [0.1, 0.15) is 23.2 Å². The van der Waals surface area contributed by atoms with Crippen LogP contribution in [0.3, 0.4) is 0 Å². The normalized spacial score (nSPS) is 11.1. The second-order valence-electron chi connectivity index (χ2n) is 2.85. The summed E-state index contributed by atoms with van der Waals surface area (Å²) in [6, 6.07) is 0. The minimum atomic E-state index is 0.0473. The van der Waals surface area contributed by atoms with Crippen molar-refractivity contribution >= 4 is 34.3 Å². The number of allylic oxidation sites excluding steroid dienone is 1. The SMILES string of the molecule is CC(=O)SCCC=Cc1ncc(CO)s1.